The zero-order chi connectivity index (χ0) is 13.3. The molecule has 0 radical (unpaired) electrons. The lowest BCUT2D eigenvalue weighted by Crippen LogP contribution is -2.20. The molecule has 0 bridgehead atoms. The Balaban J connectivity index is 2.66. The number of nitriles is 1. The average Bonchev–Trinajstić information content (AvgIpc) is 2.36. The molecule has 0 saturated carbocycles. The monoisotopic (exact) mass is 238 g/mol. The Morgan fingerprint density at radius 3 is 2.44 bits per heavy atom. The summed E-state index contributed by atoms with van der Waals surface area (Å²) >= 11 is 0. The Kier molecular flexibility index (Phi) is 3.03. The highest BCUT2D eigenvalue weighted by molar-refractivity contribution is 5.62. The van der Waals surface area contributed by atoms with Crippen LogP contribution in [-0.4, -0.2) is 4.57 Å². The second-order valence-electron chi connectivity index (χ2n) is 4.41. The van der Waals surface area contributed by atoms with Crippen LogP contribution in [0.2, 0.25) is 0 Å². The Morgan fingerprint density at radius 2 is 1.83 bits per heavy atom. The van der Waals surface area contributed by atoms with Gasteiger partial charge in [-0.1, -0.05) is 12.1 Å². The molecule has 0 saturated heterocycles. The van der Waals surface area contributed by atoms with Crippen LogP contribution in [0.25, 0.3) is 11.3 Å². The van der Waals surface area contributed by atoms with Crippen LogP contribution >= 0.6 is 0 Å². The molecular weight excluding hydrogens is 224 g/mol. The summed E-state index contributed by atoms with van der Waals surface area (Å²) in [5.74, 6) is 0. The highest BCUT2D eigenvalue weighted by Crippen LogP contribution is 2.20. The van der Waals surface area contributed by atoms with Gasteiger partial charge in [-0.2, -0.15) is 5.26 Å². The smallest absolute Gasteiger partial charge is 0.268 e. The number of benzene rings is 1. The highest BCUT2D eigenvalue weighted by Gasteiger charge is 2.07. The maximum atomic E-state index is 11.9. The van der Waals surface area contributed by atoms with Crippen LogP contribution in [0.4, 0.5) is 0 Å². The molecule has 0 spiro atoms. The van der Waals surface area contributed by atoms with Gasteiger partial charge in [0.05, 0.1) is 5.69 Å². The summed E-state index contributed by atoms with van der Waals surface area (Å²) in [5, 5.41) is 8.82. The van der Waals surface area contributed by atoms with Crippen molar-refractivity contribution in [1.82, 2.24) is 4.57 Å². The van der Waals surface area contributed by atoms with E-state index in [0.717, 1.165) is 11.3 Å². The molecule has 0 aliphatic heterocycles. The van der Waals surface area contributed by atoms with E-state index in [1.807, 2.05) is 31.2 Å². The van der Waals surface area contributed by atoms with E-state index in [9.17, 15) is 4.79 Å². The van der Waals surface area contributed by atoms with Gasteiger partial charge in [-0.25, -0.2) is 0 Å². The fourth-order valence-electron chi connectivity index (χ4n) is 1.91. The van der Waals surface area contributed by atoms with Gasteiger partial charge in [0.1, 0.15) is 11.6 Å². The molecule has 18 heavy (non-hydrogen) atoms. The summed E-state index contributed by atoms with van der Waals surface area (Å²) in [5.41, 5.74) is 4.13. The van der Waals surface area contributed by atoms with Gasteiger partial charge < -0.3 is 4.57 Å². The van der Waals surface area contributed by atoms with Gasteiger partial charge >= 0.3 is 0 Å². The van der Waals surface area contributed by atoms with E-state index >= 15 is 0 Å². The van der Waals surface area contributed by atoms with Gasteiger partial charge in [-0.3, -0.25) is 4.79 Å². The summed E-state index contributed by atoms with van der Waals surface area (Å²) < 4.78 is 1.52. The quantitative estimate of drug-likeness (QED) is 0.766. The first-order valence-corrected chi connectivity index (χ1v) is 5.72. The Bertz CT molecular complexity index is 705. The van der Waals surface area contributed by atoms with Gasteiger partial charge in [-0.15, -0.1) is 0 Å². The summed E-state index contributed by atoms with van der Waals surface area (Å²) in [4.78, 5) is 11.9. The molecule has 0 N–H and O–H groups in total. The van der Waals surface area contributed by atoms with Crippen LogP contribution in [0.15, 0.2) is 35.1 Å². The first-order valence-electron chi connectivity index (χ1n) is 5.72. The maximum absolute atomic E-state index is 11.9. The lowest BCUT2D eigenvalue weighted by Gasteiger charge is -2.10. The van der Waals surface area contributed by atoms with E-state index in [0.29, 0.717) is 0 Å². The molecule has 0 fully saturated rings. The van der Waals surface area contributed by atoms with Crippen LogP contribution in [0.1, 0.15) is 16.7 Å². The van der Waals surface area contributed by atoms with Crippen molar-refractivity contribution in [2.24, 2.45) is 7.05 Å². The topological polar surface area (TPSA) is 45.8 Å². The van der Waals surface area contributed by atoms with Crippen LogP contribution in [-0.2, 0) is 7.05 Å². The van der Waals surface area contributed by atoms with Crippen LogP contribution in [0, 0.1) is 25.2 Å². The minimum absolute atomic E-state index is 0.171. The molecule has 90 valence electrons. The number of rotatable bonds is 1. The second-order valence-corrected chi connectivity index (χ2v) is 4.41. The summed E-state index contributed by atoms with van der Waals surface area (Å²) in [7, 11) is 1.69. The fourth-order valence-corrected chi connectivity index (χ4v) is 1.91. The zero-order valence-corrected chi connectivity index (χ0v) is 10.7. The molecule has 0 amide bonds. The Hall–Kier alpha value is -2.34. The molecule has 1 aromatic heterocycles. The zero-order valence-electron chi connectivity index (χ0n) is 10.7. The van der Waals surface area contributed by atoms with Crippen molar-refractivity contribution >= 4 is 0 Å². The van der Waals surface area contributed by atoms with E-state index in [1.54, 1.807) is 13.1 Å². The van der Waals surface area contributed by atoms with Crippen molar-refractivity contribution in [3.63, 3.8) is 0 Å². The van der Waals surface area contributed by atoms with Crippen molar-refractivity contribution in [3.05, 3.63) is 57.4 Å². The van der Waals surface area contributed by atoms with Crippen molar-refractivity contribution < 1.29 is 0 Å². The predicted molar refractivity (Wildman–Crippen MR) is 71.3 cm³/mol. The molecule has 1 aromatic carbocycles. The third kappa shape index (κ3) is 1.93. The summed E-state index contributed by atoms with van der Waals surface area (Å²) in [6.45, 7) is 4.09. The summed E-state index contributed by atoms with van der Waals surface area (Å²) in [6, 6.07) is 11.4. The second kappa shape index (κ2) is 4.50. The van der Waals surface area contributed by atoms with Crippen molar-refractivity contribution in [1.29, 1.82) is 5.26 Å². The van der Waals surface area contributed by atoms with Crippen LogP contribution in [0.3, 0.4) is 0 Å². The summed E-state index contributed by atoms with van der Waals surface area (Å²) in [6.07, 6.45) is 0. The largest absolute Gasteiger partial charge is 0.310 e. The third-order valence-electron chi connectivity index (χ3n) is 3.23. The molecule has 1 heterocycles. The van der Waals surface area contributed by atoms with E-state index in [2.05, 4.69) is 13.0 Å². The first-order chi connectivity index (χ1) is 8.54. The maximum Gasteiger partial charge on any atom is 0.268 e. The number of aromatic nitrogens is 1. The fraction of sp³-hybridized carbons (Fsp3) is 0.200. The number of hydrogen-bond acceptors (Lipinski definition) is 2. The molecule has 0 atom stereocenters. The number of nitrogens with zero attached hydrogens (tertiary/aromatic N) is 2. The Morgan fingerprint density at radius 1 is 1.11 bits per heavy atom. The average molecular weight is 238 g/mol. The predicted octanol–water partition coefficient (Wildman–Crippen LogP) is 2.54. The van der Waals surface area contributed by atoms with Crippen molar-refractivity contribution in [2.45, 2.75) is 13.8 Å². The lowest BCUT2D eigenvalue weighted by atomic mass is 10.0. The number of pyridine rings is 1. The molecule has 3 nitrogen and oxygen atoms in total. The van der Waals surface area contributed by atoms with Gasteiger partial charge in [0, 0.05) is 7.05 Å². The Labute approximate surface area is 106 Å². The number of hydrogen-bond donors (Lipinski definition) is 0. The van der Waals surface area contributed by atoms with E-state index in [-0.39, 0.29) is 11.1 Å². The molecule has 0 aliphatic rings. The molecule has 2 rings (SSSR count). The molecule has 3 heteroatoms. The third-order valence-corrected chi connectivity index (χ3v) is 3.23. The normalized spacial score (nSPS) is 10.1. The van der Waals surface area contributed by atoms with E-state index in [1.165, 1.54) is 15.7 Å². The molecule has 0 aliphatic carbocycles. The van der Waals surface area contributed by atoms with Crippen LogP contribution in [0.5, 0.6) is 0 Å². The standard InChI is InChI=1S/C15H14N2O/c1-10-4-5-12(8-11(10)2)14-7-6-13(9-16)15(18)17(14)3/h4-8H,1-3H3. The minimum atomic E-state index is -0.256. The van der Waals surface area contributed by atoms with E-state index in [4.69, 9.17) is 5.26 Å². The van der Waals surface area contributed by atoms with Gasteiger partial charge in [0.25, 0.3) is 5.56 Å². The lowest BCUT2D eigenvalue weighted by molar-refractivity contribution is 0.865. The van der Waals surface area contributed by atoms with Crippen molar-refractivity contribution in [2.75, 3.05) is 0 Å². The highest BCUT2D eigenvalue weighted by atomic mass is 16.1. The molecule has 0 unspecified atom stereocenters. The minimum Gasteiger partial charge on any atom is -0.310 e. The first kappa shape index (κ1) is 12.1. The molecular formula is C15H14N2O. The SMILES string of the molecule is Cc1ccc(-c2ccc(C#N)c(=O)n2C)cc1C. The van der Waals surface area contributed by atoms with E-state index < -0.39 is 0 Å². The molecule has 2 aromatic rings. The van der Waals surface area contributed by atoms with Crippen LogP contribution < -0.4 is 5.56 Å². The van der Waals surface area contributed by atoms with Gasteiger partial charge in [-0.05, 0) is 48.7 Å². The van der Waals surface area contributed by atoms with Crippen molar-refractivity contribution in [3.8, 4) is 17.3 Å². The van der Waals surface area contributed by atoms with Gasteiger partial charge in [0.2, 0.25) is 0 Å². The van der Waals surface area contributed by atoms with Gasteiger partial charge in [0.15, 0.2) is 0 Å². The number of aryl methyl sites for hydroxylation is 2.